The van der Waals surface area contributed by atoms with E-state index in [1.807, 2.05) is 114 Å². The molecule has 7 atom stereocenters. The largest absolute Gasteiger partial charge is 0.399 e. The maximum Gasteiger partial charge on any atom is 0.251 e. The highest BCUT2D eigenvalue weighted by Crippen LogP contribution is 2.42. The third-order valence-corrected chi connectivity index (χ3v) is 16.1. The summed E-state index contributed by atoms with van der Waals surface area (Å²) in [6.45, 7) is 13.3. The molecule has 1 saturated carbocycles. The average molecular weight is 1120 g/mol. The molecule has 19 nitrogen and oxygen atoms in total. The van der Waals surface area contributed by atoms with Crippen LogP contribution in [0.4, 0.5) is 11.5 Å². The Balaban J connectivity index is 0.718. The number of aliphatic hydroxyl groups excluding tert-OH is 1. The van der Waals surface area contributed by atoms with Gasteiger partial charge in [0.05, 0.1) is 73.6 Å². The zero-order valence-electron chi connectivity index (χ0n) is 46.9. The van der Waals surface area contributed by atoms with Crippen LogP contribution in [-0.2, 0) is 39.9 Å². The van der Waals surface area contributed by atoms with Crippen molar-refractivity contribution in [3.05, 3.63) is 113 Å². The molecule has 0 bridgehead atoms. The van der Waals surface area contributed by atoms with Crippen molar-refractivity contribution in [1.82, 2.24) is 41.1 Å². The minimum atomic E-state index is -0.949. The third kappa shape index (κ3) is 15.5. The summed E-state index contributed by atoms with van der Waals surface area (Å²) in [7, 11) is 0. The van der Waals surface area contributed by atoms with Gasteiger partial charge in [0.1, 0.15) is 29.8 Å². The Bertz CT molecular complexity index is 2900. The summed E-state index contributed by atoms with van der Waals surface area (Å²) in [6.07, 6.45) is 4.19. The van der Waals surface area contributed by atoms with Crippen LogP contribution in [0, 0.1) is 25.2 Å². The number of nitrogens with two attached hydrogens (primary N) is 1. The number of aromatic nitrogens is 3. The Kier molecular flexibility index (Phi) is 20.4. The second kappa shape index (κ2) is 27.6. The molecule has 2 aromatic heterocycles. The van der Waals surface area contributed by atoms with E-state index in [9.17, 15) is 29.1 Å². The SMILES string of the molecule is Cc1nc([C@H](C)NC(=O)c2ccc(-c3ccc(N)cc3)cc2)cc(N2C(C(=O)NCCOCCOCCOCCC(=O)N[C@H](C(=O)N3C[C@H](O)C[C@H]3C(=O)NCc3ccc(-c4scnc4C)cc3)C(C)(C)C)CC3CCCCC32)n1. The molecule has 8 rings (SSSR count). The number of β-amino-alcohol motifs (C(OH)–C–C–N with tert-alkyl or cyclic N) is 1. The molecule has 5 amide bonds. The second-order valence-electron chi connectivity index (χ2n) is 22.2. The van der Waals surface area contributed by atoms with Gasteiger partial charge in [-0.05, 0) is 97.9 Å². The van der Waals surface area contributed by atoms with E-state index in [-0.39, 0.29) is 75.4 Å². The van der Waals surface area contributed by atoms with Gasteiger partial charge in [0, 0.05) is 55.8 Å². The molecule has 0 radical (unpaired) electrons. The Morgan fingerprint density at radius 2 is 1.41 bits per heavy atom. The Hall–Kier alpha value is -6.84. The predicted molar refractivity (Wildman–Crippen MR) is 307 cm³/mol. The highest BCUT2D eigenvalue weighted by molar-refractivity contribution is 7.13. The number of nitrogens with one attached hydrogen (secondary N) is 4. The summed E-state index contributed by atoms with van der Waals surface area (Å²) < 4.78 is 17.1. The van der Waals surface area contributed by atoms with Gasteiger partial charge in [0.15, 0.2) is 0 Å². The van der Waals surface area contributed by atoms with Crippen molar-refractivity contribution >= 4 is 52.4 Å². The van der Waals surface area contributed by atoms with Crippen molar-refractivity contribution in [3.63, 3.8) is 0 Å². The first kappa shape index (κ1) is 59.3. The lowest BCUT2D eigenvalue weighted by atomic mass is 9.84. The zero-order valence-corrected chi connectivity index (χ0v) is 47.7. The van der Waals surface area contributed by atoms with E-state index in [4.69, 9.17) is 29.9 Å². The van der Waals surface area contributed by atoms with Gasteiger partial charge in [0.25, 0.3) is 5.91 Å². The molecule has 20 heteroatoms. The predicted octanol–water partition coefficient (Wildman–Crippen LogP) is 6.46. The van der Waals surface area contributed by atoms with E-state index in [1.54, 1.807) is 23.5 Å². The van der Waals surface area contributed by atoms with E-state index in [0.29, 0.717) is 60.9 Å². The number of aliphatic hydroxyl groups is 1. The lowest BCUT2D eigenvalue weighted by Crippen LogP contribution is -2.57. The Labute approximate surface area is 473 Å². The molecule has 3 unspecified atom stereocenters. The molecule has 2 aliphatic heterocycles. The van der Waals surface area contributed by atoms with Gasteiger partial charge < -0.3 is 56.1 Å². The maximum atomic E-state index is 14.0. The highest BCUT2D eigenvalue weighted by Gasteiger charge is 2.47. The molecule has 7 N–H and O–H groups in total. The fourth-order valence-corrected chi connectivity index (χ4v) is 11.7. The number of likely N-dealkylation sites (tertiary alicyclic amines) is 1. The van der Waals surface area contributed by atoms with E-state index < -0.39 is 41.6 Å². The number of hydrogen-bond acceptors (Lipinski definition) is 15. The number of anilines is 2. The molecule has 2 saturated heterocycles. The molecular formula is C60H78N10O9S. The number of thiazole rings is 1. The van der Waals surface area contributed by atoms with Crippen molar-refractivity contribution in [1.29, 1.82) is 0 Å². The molecule has 3 aliphatic rings. The summed E-state index contributed by atoms with van der Waals surface area (Å²) in [6, 6.07) is 22.3. The van der Waals surface area contributed by atoms with Crippen LogP contribution in [0.15, 0.2) is 84.4 Å². The molecule has 80 heavy (non-hydrogen) atoms. The number of rotatable bonds is 24. The number of nitrogen functional groups attached to an aromatic ring is 1. The first-order chi connectivity index (χ1) is 38.4. The van der Waals surface area contributed by atoms with Crippen molar-refractivity contribution in [2.24, 2.45) is 11.3 Å². The number of carbonyl (C=O) groups excluding carboxylic acids is 5. The monoisotopic (exact) mass is 1110 g/mol. The number of nitrogens with zero attached hydrogens (tertiary/aromatic N) is 5. The van der Waals surface area contributed by atoms with Gasteiger partial charge in [-0.15, -0.1) is 11.3 Å². The van der Waals surface area contributed by atoms with Crippen molar-refractivity contribution in [2.75, 3.05) is 63.4 Å². The highest BCUT2D eigenvalue weighted by atomic mass is 32.1. The van der Waals surface area contributed by atoms with Crippen molar-refractivity contribution < 1.29 is 43.3 Å². The number of amides is 5. The van der Waals surface area contributed by atoms with E-state index in [0.717, 1.165) is 64.9 Å². The normalized spacial score (nSPS) is 19.7. The van der Waals surface area contributed by atoms with Crippen LogP contribution < -0.4 is 31.9 Å². The number of aryl methyl sites for hydroxylation is 2. The molecule has 4 heterocycles. The zero-order chi connectivity index (χ0) is 56.9. The molecule has 1 aliphatic carbocycles. The van der Waals surface area contributed by atoms with Crippen LogP contribution >= 0.6 is 11.3 Å². The third-order valence-electron chi connectivity index (χ3n) is 15.2. The molecule has 0 spiro atoms. The van der Waals surface area contributed by atoms with Gasteiger partial charge >= 0.3 is 0 Å². The average Bonchev–Trinajstić information content (AvgIpc) is 4.26. The second-order valence-corrected chi connectivity index (χ2v) is 23.0. The van der Waals surface area contributed by atoms with Gasteiger partial charge in [-0.25, -0.2) is 15.0 Å². The number of carbonyl (C=O) groups is 5. The topological polar surface area (TPSA) is 253 Å². The minimum absolute atomic E-state index is 0.00488. The van der Waals surface area contributed by atoms with Crippen LogP contribution in [-0.4, -0.2) is 137 Å². The molecule has 3 aromatic carbocycles. The summed E-state index contributed by atoms with van der Waals surface area (Å²) >= 11 is 1.57. The van der Waals surface area contributed by atoms with Gasteiger partial charge in [-0.2, -0.15) is 0 Å². The van der Waals surface area contributed by atoms with Gasteiger partial charge in [-0.3, -0.25) is 24.0 Å². The summed E-state index contributed by atoms with van der Waals surface area (Å²) in [4.78, 5) is 86.6. The Morgan fingerprint density at radius 1 is 0.775 bits per heavy atom. The fraction of sp³-hybridized carbons (Fsp3) is 0.500. The lowest BCUT2D eigenvalue weighted by Gasteiger charge is -2.35. The maximum absolute atomic E-state index is 14.0. The first-order valence-corrected chi connectivity index (χ1v) is 28.8. The molecule has 428 valence electrons. The lowest BCUT2D eigenvalue weighted by molar-refractivity contribution is -0.144. The van der Waals surface area contributed by atoms with Crippen LogP contribution in [0.1, 0.15) is 112 Å². The van der Waals surface area contributed by atoms with E-state index in [2.05, 4.69) is 31.2 Å². The van der Waals surface area contributed by atoms with Crippen LogP contribution in [0.2, 0.25) is 0 Å². The molecule has 5 aromatic rings. The van der Waals surface area contributed by atoms with Crippen LogP contribution in [0.3, 0.4) is 0 Å². The summed E-state index contributed by atoms with van der Waals surface area (Å²) in [5.41, 5.74) is 13.7. The number of ether oxygens (including phenoxy) is 3. The molecule has 3 fully saturated rings. The van der Waals surface area contributed by atoms with Gasteiger partial charge in [-0.1, -0.05) is 82.1 Å². The number of fused-ring (bicyclic) bond motifs is 1. The smallest absolute Gasteiger partial charge is 0.251 e. The van der Waals surface area contributed by atoms with Crippen LogP contribution in [0.5, 0.6) is 0 Å². The van der Waals surface area contributed by atoms with Gasteiger partial charge in [0.2, 0.25) is 23.6 Å². The number of benzene rings is 3. The standard InChI is InChI=1S/C60H78N10O9S/c1-37(65-56(73)44-17-15-41(16-18-44)42-19-21-46(61)22-20-42)48-33-52(67-39(3)66-48)70-49-10-8-7-9-45(49)31-51(70)58(75)62-24-26-78-28-30-79-29-27-77-25-23-53(72)68-55(60(4,5)6)59(76)69-35-47(71)32-50(69)57(74)63-34-40-11-13-43(14-12-40)54-38(2)64-36-80-54/h11-22,33,36-37,45,47,49-51,55,71H,7-10,23-32,34-35,61H2,1-6H3,(H,62,75)(H,63,74)(H,65,73)(H,68,72)/t37-,45?,47+,49?,50-,51?,55+/m0/s1. The van der Waals surface area contributed by atoms with Crippen LogP contribution in [0.25, 0.3) is 21.6 Å². The molecular weight excluding hydrogens is 1040 g/mol. The Morgan fingerprint density at radius 3 is 2.09 bits per heavy atom. The quantitative estimate of drug-likeness (QED) is 0.0287. The van der Waals surface area contributed by atoms with E-state index >= 15 is 0 Å². The summed E-state index contributed by atoms with van der Waals surface area (Å²) in [5.74, 6) is 0.135. The number of hydrogen-bond donors (Lipinski definition) is 6. The van der Waals surface area contributed by atoms with Crippen molar-refractivity contribution in [2.45, 2.75) is 129 Å². The first-order valence-electron chi connectivity index (χ1n) is 27.9. The van der Waals surface area contributed by atoms with E-state index in [1.165, 1.54) is 4.90 Å². The summed E-state index contributed by atoms with van der Waals surface area (Å²) in [5, 5.41) is 22.6. The minimum Gasteiger partial charge on any atom is -0.399 e. The fourth-order valence-electron chi connectivity index (χ4n) is 10.9. The van der Waals surface area contributed by atoms with Crippen molar-refractivity contribution in [3.8, 4) is 21.6 Å².